The first kappa shape index (κ1) is 14.1. The van der Waals surface area contributed by atoms with E-state index in [1.807, 2.05) is 24.3 Å². The normalized spacial score (nSPS) is 16.0. The summed E-state index contributed by atoms with van der Waals surface area (Å²) in [6.07, 6.45) is 6.60. The molecule has 3 nitrogen and oxygen atoms in total. The molecule has 1 fully saturated rings. The van der Waals surface area contributed by atoms with Crippen LogP contribution in [-0.2, 0) is 0 Å². The van der Waals surface area contributed by atoms with Crippen LogP contribution in [0.25, 0.3) is 0 Å². The van der Waals surface area contributed by atoms with Crippen molar-refractivity contribution in [2.45, 2.75) is 32.1 Å². The topological polar surface area (TPSA) is 44.5 Å². The fraction of sp³-hybridized carbons (Fsp3) is 0.533. The number of hydrogen-bond donors (Lipinski definition) is 1. The van der Waals surface area contributed by atoms with Gasteiger partial charge in [0.15, 0.2) is 0 Å². The van der Waals surface area contributed by atoms with Crippen molar-refractivity contribution in [1.82, 2.24) is 0 Å². The zero-order valence-corrected chi connectivity index (χ0v) is 11.3. The van der Waals surface area contributed by atoms with E-state index in [9.17, 15) is 0 Å². The van der Waals surface area contributed by atoms with Crippen LogP contribution in [0, 0.1) is 5.92 Å². The van der Waals surface area contributed by atoms with E-state index in [2.05, 4.69) is 0 Å². The first-order chi connectivity index (χ1) is 9.28. The average molecular weight is 258 g/mol. The molecule has 0 atom stereocenters. The number of rotatable bonds is 6. The van der Waals surface area contributed by atoms with Gasteiger partial charge in [-0.3, -0.25) is 0 Å². The second-order valence-corrected chi connectivity index (χ2v) is 5.06. The van der Waals surface area contributed by atoms with Crippen molar-refractivity contribution in [1.29, 1.82) is 0 Å². The fourth-order valence-corrected chi connectivity index (χ4v) is 2.39. The average Bonchev–Trinajstić information content (AvgIpc) is 2.46. The van der Waals surface area contributed by atoms with E-state index in [1.165, 1.54) is 32.1 Å². The molecule has 0 amide bonds. The van der Waals surface area contributed by atoms with Crippen molar-refractivity contribution in [3.05, 3.63) is 24.3 Å². The number of hydrogen-bond acceptors (Lipinski definition) is 3. The molecule has 0 spiro atoms. The van der Waals surface area contributed by atoms with Gasteiger partial charge in [0.25, 0.3) is 0 Å². The van der Waals surface area contributed by atoms with Crippen LogP contribution in [0.15, 0.2) is 24.3 Å². The molecule has 0 aromatic heterocycles. The van der Waals surface area contributed by atoms with Gasteiger partial charge in [-0.15, -0.1) is 0 Å². The monoisotopic (exact) mass is 258 g/mol. The molecule has 1 radical (unpaired) electrons. The third-order valence-corrected chi connectivity index (χ3v) is 3.47. The third-order valence-electron chi connectivity index (χ3n) is 3.47. The van der Waals surface area contributed by atoms with Gasteiger partial charge >= 0.3 is 115 Å². The van der Waals surface area contributed by atoms with E-state index in [0.29, 0.717) is 17.3 Å². The van der Waals surface area contributed by atoms with Crippen LogP contribution < -0.4 is 15.2 Å². The summed E-state index contributed by atoms with van der Waals surface area (Å²) in [5.41, 5.74) is 5.71. The van der Waals surface area contributed by atoms with Crippen LogP contribution in [0.4, 0.5) is 0 Å². The number of benzene rings is 1. The van der Waals surface area contributed by atoms with Gasteiger partial charge in [0.2, 0.25) is 0 Å². The second-order valence-electron chi connectivity index (χ2n) is 5.06. The Morgan fingerprint density at radius 1 is 1.21 bits per heavy atom. The summed E-state index contributed by atoms with van der Waals surface area (Å²) >= 11 is 0. The van der Waals surface area contributed by atoms with E-state index in [1.54, 1.807) is 0 Å². The molecule has 4 heteroatoms. The van der Waals surface area contributed by atoms with Crippen molar-refractivity contribution in [2.75, 3.05) is 13.2 Å². The molecule has 1 aromatic carbocycles. The summed E-state index contributed by atoms with van der Waals surface area (Å²) in [6.45, 7) is 1.01. The zero-order chi connectivity index (χ0) is 13.5. The maximum absolute atomic E-state index is 5.84. The van der Waals surface area contributed by atoms with E-state index in [-0.39, 0.29) is 6.54 Å². The van der Waals surface area contributed by atoms with E-state index < -0.39 is 0 Å². The SMILES string of the molecule is [B]=C(CN)Oc1cccc(OCC2CCCCC2)c1. The van der Waals surface area contributed by atoms with Crippen molar-refractivity contribution in [3.8, 4) is 11.5 Å². The minimum absolute atomic E-state index is 0.215. The van der Waals surface area contributed by atoms with Gasteiger partial charge in [-0.1, -0.05) is 0 Å². The molecule has 0 saturated heterocycles. The molecule has 0 aliphatic heterocycles. The molecular weight excluding hydrogens is 237 g/mol. The molecule has 1 aliphatic rings. The summed E-state index contributed by atoms with van der Waals surface area (Å²) in [6, 6.07) is 7.53. The Hall–Kier alpha value is -1.29. The van der Waals surface area contributed by atoms with Gasteiger partial charge in [-0.2, -0.15) is 0 Å². The molecule has 2 rings (SSSR count). The summed E-state index contributed by atoms with van der Waals surface area (Å²) in [7, 11) is 5.57. The van der Waals surface area contributed by atoms with Crippen molar-refractivity contribution < 1.29 is 9.47 Å². The molecule has 0 unspecified atom stereocenters. The first-order valence-corrected chi connectivity index (χ1v) is 7.00. The van der Waals surface area contributed by atoms with Crippen LogP contribution >= 0.6 is 0 Å². The maximum atomic E-state index is 5.84. The molecule has 0 bridgehead atoms. The summed E-state index contributed by atoms with van der Waals surface area (Å²) < 4.78 is 11.2. The minimum atomic E-state index is 0.215. The Bertz CT molecular complexity index is 416. The third kappa shape index (κ3) is 4.71. The van der Waals surface area contributed by atoms with Crippen molar-refractivity contribution in [3.63, 3.8) is 0 Å². The van der Waals surface area contributed by atoms with E-state index >= 15 is 0 Å². The van der Waals surface area contributed by atoms with Crippen molar-refractivity contribution >= 4 is 13.1 Å². The van der Waals surface area contributed by atoms with Gasteiger partial charge in [-0.25, -0.2) is 0 Å². The molecule has 0 heterocycles. The molecule has 1 saturated carbocycles. The Kier molecular flexibility index (Phi) is 5.46. The summed E-state index contributed by atoms with van der Waals surface area (Å²) in [5.74, 6) is 2.19. The van der Waals surface area contributed by atoms with Gasteiger partial charge < -0.3 is 0 Å². The molecule has 1 aromatic rings. The predicted molar refractivity (Wildman–Crippen MR) is 79.0 cm³/mol. The van der Waals surface area contributed by atoms with Gasteiger partial charge in [0, 0.05) is 0 Å². The van der Waals surface area contributed by atoms with E-state index in [0.717, 1.165) is 12.4 Å². The van der Waals surface area contributed by atoms with Gasteiger partial charge in [-0.05, 0) is 0 Å². The Morgan fingerprint density at radius 3 is 2.68 bits per heavy atom. The number of nitrogens with two attached hydrogens (primary N) is 1. The molecular formula is C15H21BNO2. The molecule has 2 N–H and O–H groups in total. The van der Waals surface area contributed by atoms with Crippen LogP contribution in [0.5, 0.6) is 11.5 Å². The molecule has 101 valence electrons. The Balaban J connectivity index is 1.85. The standard InChI is InChI=1S/C15H21BNO2/c16-15(10-17)19-14-8-4-7-13(9-14)18-11-12-5-2-1-3-6-12/h4,7-9,12H,1-3,5-6,10-11,17H2. The summed E-state index contributed by atoms with van der Waals surface area (Å²) in [4.78, 5) is 0. The molecule has 19 heavy (non-hydrogen) atoms. The van der Waals surface area contributed by atoms with Crippen LogP contribution in [0.2, 0.25) is 0 Å². The molecule has 1 aliphatic carbocycles. The van der Waals surface area contributed by atoms with E-state index in [4.69, 9.17) is 22.7 Å². The quantitative estimate of drug-likeness (QED) is 0.796. The Labute approximate surface area is 116 Å². The predicted octanol–water partition coefficient (Wildman–Crippen LogP) is 2.28. The van der Waals surface area contributed by atoms with Crippen LogP contribution in [0.1, 0.15) is 32.1 Å². The summed E-state index contributed by atoms with van der Waals surface area (Å²) in [5, 5.41) is 0. The first-order valence-electron chi connectivity index (χ1n) is 7.00. The van der Waals surface area contributed by atoms with Gasteiger partial charge in [0.05, 0.1) is 0 Å². The second kappa shape index (κ2) is 7.34. The zero-order valence-electron chi connectivity index (χ0n) is 11.3. The van der Waals surface area contributed by atoms with Gasteiger partial charge in [0.1, 0.15) is 0 Å². The van der Waals surface area contributed by atoms with Crippen LogP contribution in [0.3, 0.4) is 0 Å². The van der Waals surface area contributed by atoms with Crippen molar-refractivity contribution in [2.24, 2.45) is 11.7 Å². The van der Waals surface area contributed by atoms with Crippen LogP contribution in [-0.4, -0.2) is 26.3 Å². The fourth-order valence-electron chi connectivity index (χ4n) is 2.39. The Morgan fingerprint density at radius 2 is 1.95 bits per heavy atom. The number of ether oxygens (including phenoxy) is 2.